The predicted octanol–water partition coefficient (Wildman–Crippen LogP) is 0.148. The van der Waals surface area contributed by atoms with E-state index >= 15 is 0 Å². The van der Waals surface area contributed by atoms with E-state index in [1.54, 1.807) is 28.5 Å². The Bertz CT molecular complexity index is 299. The molecule has 1 rings (SSSR count). The second-order valence-corrected chi connectivity index (χ2v) is 5.56. The van der Waals surface area contributed by atoms with E-state index in [1.807, 2.05) is 6.26 Å². The highest BCUT2D eigenvalue weighted by Crippen LogP contribution is 2.07. The van der Waals surface area contributed by atoms with Gasteiger partial charge >= 0.3 is 0 Å². The number of rotatable bonds is 4. The minimum atomic E-state index is -0.402. The molecule has 2 N–H and O–H groups in total. The lowest BCUT2D eigenvalue weighted by Gasteiger charge is -2.24. The molecule has 0 spiro atoms. The summed E-state index contributed by atoms with van der Waals surface area (Å²) in [6, 6.07) is -0.402. The van der Waals surface area contributed by atoms with Crippen LogP contribution in [-0.4, -0.2) is 65.8 Å². The van der Waals surface area contributed by atoms with Gasteiger partial charge in [0.05, 0.1) is 6.04 Å². The lowest BCUT2D eigenvalue weighted by molar-refractivity contribution is -0.133. The van der Waals surface area contributed by atoms with Gasteiger partial charge in [0.25, 0.3) is 0 Å². The average molecular weight is 273 g/mol. The fourth-order valence-electron chi connectivity index (χ4n) is 2.06. The Labute approximate surface area is 113 Å². The molecule has 6 heteroatoms. The molecule has 0 aromatic rings. The summed E-state index contributed by atoms with van der Waals surface area (Å²) < 4.78 is 0. The standard InChI is InChI=1S/C12H23N3O2S/c1-10(16)14-5-3-6-15(8-7-14)12(17)11(13)4-9-18-2/h11H,3-9,13H2,1-2H3/t11-/m1/s1. The van der Waals surface area contributed by atoms with E-state index in [0.29, 0.717) is 26.1 Å². The number of nitrogens with two attached hydrogens (primary N) is 1. The third kappa shape index (κ3) is 4.49. The van der Waals surface area contributed by atoms with E-state index in [0.717, 1.165) is 18.7 Å². The molecule has 1 saturated heterocycles. The monoisotopic (exact) mass is 273 g/mol. The van der Waals surface area contributed by atoms with Gasteiger partial charge in [0.15, 0.2) is 0 Å². The number of carbonyl (C=O) groups is 2. The molecule has 0 unspecified atom stereocenters. The molecule has 1 aliphatic rings. The van der Waals surface area contributed by atoms with Crippen LogP contribution in [-0.2, 0) is 9.59 Å². The fourth-order valence-corrected chi connectivity index (χ4v) is 2.55. The largest absolute Gasteiger partial charge is 0.341 e. The number of nitrogens with zero attached hydrogens (tertiary/aromatic N) is 2. The maximum atomic E-state index is 12.1. The molecule has 0 aromatic heterocycles. The first-order valence-corrected chi connectivity index (χ1v) is 7.74. The quantitative estimate of drug-likeness (QED) is 0.791. The third-order valence-corrected chi connectivity index (χ3v) is 3.85. The van der Waals surface area contributed by atoms with Crippen molar-refractivity contribution in [2.45, 2.75) is 25.8 Å². The fraction of sp³-hybridized carbons (Fsp3) is 0.833. The van der Waals surface area contributed by atoms with Gasteiger partial charge in [-0.3, -0.25) is 9.59 Å². The highest BCUT2D eigenvalue weighted by atomic mass is 32.2. The maximum Gasteiger partial charge on any atom is 0.239 e. The molecular weight excluding hydrogens is 250 g/mol. The van der Waals surface area contributed by atoms with Crippen LogP contribution >= 0.6 is 11.8 Å². The van der Waals surface area contributed by atoms with Gasteiger partial charge in [-0.05, 0) is 24.9 Å². The van der Waals surface area contributed by atoms with E-state index < -0.39 is 6.04 Å². The molecule has 0 saturated carbocycles. The van der Waals surface area contributed by atoms with E-state index in [1.165, 1.54) is 0 Å². The second-order valence-electron chi connectivity index (χ2n) is 4.57. The SMILES string of the molecule is CSCC[C@@H](N)C(=O)N1CCCN(C(C)=O)CC1. The van der Waals surface area contributed by atoms with E-state index in [4.69, 9.17) is 5.73 Å². The van der Waals surface area contributed by atoms with Gasteiger partial charge in [-0.1, -0.05) is 0 Å². The van der Waals surface area contributed by atoms with Crippen molar-refractivity contribution in [2.75, 3.05) is 38.2 Å². The van der Waals surface area contributed by atoms with Crippen molar-refractivity contribution < 1.29 is 9.59 Å². The zero-order chi connectivity index (χ0) is 13.5. The Morgan fingerprint density at radius 1 is 1.22 bits per heavy atom. The Kier molecular flexibility index (Phi) is 6.49. The Morgan fingerprint density at radius 2 is 1.83 bits per heavy atom. The van der Waals surface area contributed by atoms with Gasteiger partial charge in [0.2, 0.25) is 11.8 Å². The first-order chi connectivity index (χ1) is 8.56. The van der Waals surface area contributed by atoms with Gasteiger partial charge in [-0.2, -0.15) is 11.8 Å². The average Bonchev–Trinajstić information content (AvgIpc) is 2.60. The molecule has 0 aliphatic carbocycles. The van der Waals surface area contributed by atoms with Crippen LogP contribution < -0.4 is 5.73 Å². The normalized spacial score (nSPS) is 18.4. The number of amides is 2. The minimum Gasteiger partial charge on any atom is -0.341 e. The first kappa shape index (κ1) is 15.3. The third-order valence-electron chi connectivity index (χ3n) is 3.20. The molecule has 1 aliphatic heterocycles. The summed E-state index contributed by atoms with van der Waals surface area (Å²) in [7, 11) is 0. The highest BCUT2D eigenvalue weighted by molar-refractivity contribution is 7.98. The van der Waals surface area contributed by atoms with Crippen molar-refractivity contribution in [3.63, 3.8) is 0 Å². The van der Waals surface area contributed by atoms with Crippen LogP contribution in [0.3, 0.4) is 0 Å². The van der Waals surface area contributed by atoms with Gasteiger partial charge < -0.3 is 15.5 Å². The molecule has 0 radical (unpaired) electrons. The number of thioether (sulfide) groups is 1. The summed E-state index contributed by atoms with van der Waals surface area (Å²) in [5.41, 5.74) is 5.89. The topological polar surface area (TPSA) is 66.6 Å². The van der Waals surface area contributed by atoms with Crippen molar-refractivity contribution in [3.8, 4) is 0 Å². The molecule has 104 valence electrons. The van der Waals surface area contributed by atoms with Crippen molar-refractivity contribution in [1.82, 2.24) is 9.80 Å². The summed E-state index contributed by atoms with van der Waals surface area (Å²) in [5.74, 6) is 1.01. The van der Waals surface area contributed by atoms with Crippen LogP contribution in [0.1, 0.15) is 19.8 Å². The summed E-state index contributed by atoms with van der Waals surface area (Å²) in [4.78, 5) is 27.0. The number of carbonyl (C=O) groups excluding carboxylic acids is 2. The molecule has 0 bridgehead atoms. The zero-order valence-electron chi connectivity index (χ0n) is 11.2. The summed E-state index contributed by atoms with van der Waals surface area (Å²) in [5, 5.41) is 0. The summed E-state index contributed by atoms with van der Waals surface area (Å²) in [6.07, 6.45) is 3.56. The van der Waals surface area contributed by atoms with Crippen LogP contribution in [0.25, 0.3) is 0 Å². The lowest BCUT2D eigenvalue weighted by Crippen LogP contribution is -2.45. The van der Waals surface area contributed by atoms with Crippen molar-refractivity contribution in [1.29, 1.82) is 0 Å². The summed E-state index contributed by atoms with van der Waals surface area (Å²) >= 11 is 1.70. The van der Waals surface area contributed by atoms with Crippen LogP contribution in [0.2, 0.25) is 0 Å². The second kappa shape index (κ2) is 7.63. The van der Waals surface area contributed by atoms with Crippen molar-refractivity contribution >= 4 is 23.6 Å². The van der Waals surface area contributed by atoms with Crippen LogP contribution in [0, 0.1) is 0 Å². The minimum absolute atomic E-state index is 0.0226. The maximum absolute atomic E-state index is 12.1. The van der Waals surface area contributed by atoms with E-state index in [9.17, 15) is 9.59 Å². The smallest absolute Gasteiger partial charge is 0.239 e. The molecule has 18 heavy (non-hydrogen) atoms. The zero-order valence-corrected chi connectivity index (χ0v) is 12.0. The number of hydrogen-bond acceptors (Lipinski definition) is 4. The van der Waals surface area contributed by atoms with Crippen molar-refractivity contribution in [3.05, 3.63) is 0 Å². The summed E-state index contributed by atoms with van der Waals surface area (Å²) in [6.45, 7) is 4.23. The predicted molar refractivity (Wildman–Crippen MR) is 74.4 cm³/mol. The molecule has 1 heterocycles. The van der Waals surface area contributed by atoms with Gasteiger partial charge in [-0.25, -0.2) is 0 Å². The van der Waals surface area contributed by atoms with Gasteiger partial charge in [0.1, 0.15) is 0 Å². The van der Waals surface area contributed by atoms with Crippen LogP contribution in [0.15, 0.2) is 0 Å². The Hall–Kier alpha value is -0.750. The molecule has 0 aromatic carbocycles. The van der Waals surface area contributed by atoms with Crippen LogP contribution in [0.4, 0.5) is 0 Å². The van der Waals surface area contributed by atoms with Gasteiger partial charge in [-0.15, -0.1) is 0 Å². The molecule has 1 atom stereocenters. The molecule has 1 fully saturated rings. The van der Waals surface area contributed by atoms with Crippen LogP contribution in [0.5, 0.6) is 0 Å². The molecular formula is C12H23N3O2S. The first-order valence-electron chi connectivity index (χ1n) is 6.35. The van der Waals surface area contributed by atoms with E-state index in [2.05, 4.69) is 0 Å². The van der Waals surface area contributed by atoms with E-state index in [-0.39, 0.29) is 11.8 Å². The molecule has 5 nitrogen and oxygen atoms in total. The van der Waals surface area contributed by atoms with Crippen molar-refractivity contribution in [2.24, 2.45) is 5.73 Å². The Balaban J connectivity index is 2.46. The Morgan fingerprint density at radius 3 is 2.44 bits per heavy atom. The highest BCUT2D eigenvalue weighted by Gasteiger charge is 2.23. The number of hydrogen-bond donors (Lipinski definition) is 1. The molecule has 2 amide bonds. The lowest BCUT2D eigenvalue weighted by atomic mass is 10.2. The van der Waals surface area contributed by atoms with Gasteiger partial charge in [0, 0.05) is 33.1 Å².